The highest BCUT2D eigenvalue weighted by Crippen LogP contribution is 2.32. The molecule has 0 aromatic heterocycles. The Morgan fingerprint density at radius 3 is 2.67 bits per heavy atom. The van der Waals surface area contributed by atoms with E-state index < -0.39 is 0 Å². The summed E-state index contributed by atoms with van der Waals surface area (Å²) in [6.07, 6.45) is 11.6. The van der Waals surface area contributed by atoms with Crippen molar-refractivity contribution >= 4 is 96.6 Å². The molecule has 0 spiro atoms. The summed E-state index contributed by atoms with van der Waals surface area (Å²) in [6, 6.07) is -0.262. The molecule has 0 amide bonds. The molecule has 0 aliphatic heterocycles. The third-order valence-corrected chi connectivity index (χ3v) is 6.69. The van der Waals surface area contributed by atoms with Crippen LogP contribution in [-0.2, 0) is 0 Å². The summed E-state index contributed by atoms with van der Waals surface area (Å²) in [5, 5.41) is 6.67. The molecule has 0 heterocycles. The molecule has 4 nitrogen and oxygen atoms in total. The molecule has 2 rings (SSSR count). The highest BCUT2D eigenvalue weighted by Gasteiger charge is 2.26. The van der Waals surface area contributed by atoms with Crippen LogP contribution in [0.1, 0.15) is 6.42 Å². The summed E-state index contributed by atoms with van der Waals surface area (Å²) in [6.45, 7) is 2.29. The van der Waals surface area contributed by atoms with Crippen LogP contribution in [0.25, 0.3) is 0 Å². The fourth-order valence-electron chi connectivity index (χ4n) is 2.49. The van der Waals surface area contributed by atoms with Crippen molar-refractivity contribution in [1.82, 2.24) is 5.32 Å². The number of alkyl halides is 1. The van der Waals surface area contributed by atoms with Crippen LogP contribution in [0.2, 0.25) is 0 Å². The molecule has 0 aromatic rings. The van der Waals surface area contributed by atoms with Crippen LogP contribution in [0.15, 0.2) is 50.8 Å². The highest BCUT2D eigenvalue weighted by molar-refractivity contribution is 14.1. The van der Waals surface area contributed by atoms with Gasteiger partial charge in [-0.3, -0.25) is 4.99 Å². The third-order valence-electron chi connectivity index (χ3n) is 3.60. The van der Waals surface area contributed by atoms with Gasteiger partial charge in [0.05, 0.1) is 6.54 Å². The molecule has 0 aromatic carbocycles. The maximum Gasteiger partial charge on any atom is 0.130 e. The Balaban J connectivity index is 1.73. The molecule has 3 unspecified atom stereocenters. The van der Waals surface area contributed by atoms with E-state index in [0.29, 0.717) is 3.92 Å². The fourth-order valence-corrected chi connectivity index (χ4v) is 7.21. The van der Waals surface area contributed by atoms with E-state index in [9.17, 15) is 4.91 Å². The lowest BCUT2D eigenvalue weighted by molar-refractivity contribution is 0.512. The Kier molecular flexibility index (Phi) is 9.87. The average molecular weight is 775 g/mol. The SMILES string of the molecule is O=NC1C(I)=CC(I)=CC1CNCC/N=C/C1=CC(I)=CC(I)C1. The molecule has 0 saturated heterocycles. The summed E-state index contributed by atoms with van der Waals surface area (Å²) in [5.41, 5.74) is 1.29. The Labute approximate surface area is 197 Å². The van der Waals surface area contributed by atoms with Crippen molar-refractivity contribution in [1.29, 1.82) is 0 Å². The summed E-state index contributed by atoms with van der Waals surface area (Å²) < 4.78 is 4.02. The molecule has 2 aliphatic carbocycles. The number of nitrogens with one attached hydrogen (secondary N) is 1. The van der Waals surface area contributed by atoms with Crippen molar-refractivity contribution in [3.05, 3.63) is 45.5 Å². The average Bonchev–Trinajstić information content (AvgIpc) is 2.49. The van der Waals surface area contributed by atoms with E-state index in [2.05, 4.69) is 124 Å². The third kappa shape index (κ3) is 7.02. The zero-order chi connectivity index (χ0) is 17.5. The lowest BCUT2D eigenvalue weighted by atomic mass is 9.96. The second kappa shape index (κ2) is 11.1. The molecule has 130 valence electrons. The van der Waals surface area contributed by atoms with Crippen molar-refractivity contribution < 1.29 is 0 Å². The van der Waals surface area contributed by atoms with Gasteiger partial charge in [-0.05, 0) is 91.9 Å². The topological polar surface area (TPSA) is 53.8 Å². The van der Waals surface area contributed by atoms with Gasteiger partial charge in [0, 0.05) is 39.9 Å². The molecule has 24 heavy (non-hydrogen) atoms. The van der Waals surface area contributed by atoms with Gasteiger partial charge in [-0.25, -0.2) is 0 Å². The summed E-state index contributed by atoms with van der Waals surface area (Å²) in [5.74, 6) is 0.128. The summed E-state index contributed by atoms with van der Waals surface area (Å²) in [4.78, 5) is 15.6. The van der Waals surface area contributed by atoms with E-state index in [4.69, 9.17) is 0 Å². The van der Waals surface area contributed by atoms with E-state index in [1.807, 2.05) is 12.3 Å². The van der Waals surface area contributed by atoms with Crippen molar-refractivity contribution in [2.24, 2.45) is 16.1 Å². The first-order valence-corrected chi connectivity index (χ1v) is 12.0. The number of hydrogen-bond acceptors (Lipinski definition) is 4. The molecule has 2 aliphatic rings. The number of rotatable bonds is 7. The molecule has 1 N–H and O–H groups in total. The van der Waals surface area contributed by atoms with Crippen LogP contribution >= 0.6 is 90.4 Å². The molecule has 8 heteroatoms. The minimum absolute atomic E-state index is 0.128. The van der Waals surface area contributed by atoms with Crippen molar-refractivity contribution in [2.45, 2.75) is 16.4 Å². The zero-order valence-corrected chi connectivity index (χ0v) is 21.4. The lowest BCUT2D eigenvalue weighted by Gasteiger charge is -2.22. The Morgan fingerprint density at radius 2 is 1.96 bits per heavy atom. The van der Waals surface area contributed by atoms with Gasteiger partial charge in [-0.2, -0.15) is 4.91 Å². The van der Waals surface area contributed by atoms with Crippen LogP contribution in [0.4, 0.5) is 0 Å². The van der Waals surface area contributed by atoms with Gasteiger partial charge in [0.2, 0.25) is 0 Å². The van der Waals surface area contributed by atoms with Gasteiger partial charge in [-0.15, -0.1) is 0 Å². The van der Waals surface area contributed by atoms with Crippen LogP contribution in [0, 0.1) is 10.8 Å². The normalized spacial score (nSPS) is 27.4. The van der Waals surface area contributed by atoms with Gasteiger partial charge in [-0.1, -0.05) is 39.9 Å². The van der Waals surface area contributed by atoms with Gasteiger partial charge in [0.1, 0.15) is 6.04 Å². The molecular formula is C16H17I4N3O. The van der Waals surface area contributed by atoms with Crippen LogP contribution in [0.5, 0.6) is 0 Å². The second-order valence-electron chi connectivity index (χ2n) is 5.53. The van der Waals surface area contributed by atoms with Gasteiger partial charge in [0.15, 0.2) is 0 Å². The lowest BCUT2D eigenvalue weighted by Crippen LogP contribution is -2.32. The number of allylic oxidation sites excluding steroid dienone is 6. The van der Waals surface area contributed by atoms with E-state index in [-0.39, 0.29) is 12.0 Å². The Bertz CT molecular complexity index is 625. The first-order chi connectivity index (χ1) is 11.5. The van der Waals surface area contributed by atoms with Crippen molar-refractivity contribution in [2.75, 3.05) is 19.6 Å². The number of aliphatic imine (C=N–C) groups is 1. The van der Waals surface area contributed by atoms with E-state index >= 15 is 0 Å². The quantitative estimate of drug-likeness (QED) is 0.122. The van der Waals surface area contributed by atoms with Crippen LogP contribution in [-0.4, -0.2) is 35.8 Å². The monoisotopic (exact) mass is 775 g/mol. The van der Waals surface area contributed by atoms with Gasteiger partial charge in [0.25, 0.3) is 0 Å². The molecule has 0 fully saturated rings. The predicted octanol–water partition coefficient (Wildman–Crippen LogP) is 5.50. The van der Waals surface area contributed by atoms with E-state index in [1.54, 1.807) is 0 Å². The van der Waals surface area contributed by atoms with Gasteiger partial charge < -0.3 is 5.32 Å². The molecular weight excluding hydrogens is 758 g/mol. The first-order valence-electron chi connectivity index (χ1n) is 7.49. The summed E-state index contributed by atoms with van der Waals surface area (Å²) >= 11 is 9.31. The number of halogens is 4. The van der Waals surface area contributed by atoms with Crippen molar-refractivity contribution in [3.63, 3.8) is 0 Å². The molecule has 3 atom stereocenters. The Morgan fingerprint density at radius 1 is 1.21 bits per heavy atom. The number of nitrogens with zero attached hydrogens (tertiary/aromatic N) is 2. The zero-order valence-electron chi connectivity index (χ0n) is 12.8. The largest absolute Gasteiger partial charge is 0.314 e. The highest BCUT2D eigenvalue weighted by atomic mass is 127. The minimum Gasteiger partial charge on any atom is -0.314 e. The second-order valence-corrected chi connectivity index (χ2v) is 10.9. The van der Waals surface area contributed by atoms with Crippen LogP contribution < -0.4 is 5.32 Å². The maximum atomic E-state index is 11.1. The smallest absolute Gasteiger partial charge is 0.130 e. The standard InChI is InChI=1S/C16H17I4N3O/c17-12-3-10(4-13(18)6-12)8-21-1-2-22-9-11-5-14(19)7-15(20)16(11)23-24/h3,5-8,11,13,16,22H,1-2,4,9H2/b21-8+. The minimum atomic E-state index is -0.262. The van der Waals surface area contributed by atoms with E-state index in [1.165, 1.54) is 12.7 Å². The Hall–Kier alpha value is 1.11. The van der Waals surface area contributed by atoms with Crippen molar-refractivity contribution in [3.8, 4) is 0 Å². The number of nitroso groups, excluding NO2 is 1. The summed E-state index contributed by atoms with van der Waals surface area (Å²) in [7, 11) is 0. The number of hydrogen-bond donors (Lipinski definition) is 1. The van der Waals surface area contributed by atoms with Crippen LogP contribution in [0.3, 0.4) is 0 Å². The molecule has 0 bridgehead atoms. The maximum absolute atomic E-state index is 11.1. The first kappa shape index (κ1) is 21.4. The molecule has 0 radical (unpaired) electrons. The predicted molar refractivity (Wildman–Crippen MR) is 136 cm³/mol. The molecule has 0 saturated carbocycles. The van der Waals surface area contributed by atoms with Gasteiger partial charge >= 0.3 is 0 Å². The fraction of sp³-hybridized carbons (Fsp3) is 0.438. The van der Waals surface area contributed by atoms with E-state index in [0.717, 1.165) is 29.6 Å².